The van der Waals surface area contributed by atoms with Crippen LogP contribution in [0.3, 0.4) is 0 Å². The van der Waals surface area contributed by atoms with Crippen molar-refractivity contribution in [2.24, 2.45) is 5.92 Å². The maximum atomic E-state index is 4.90. The van der Waals surface area contributed by atoms with Crippen LogP contribution in [0.15, 0.2) is 36.7 Å². The van der Waals surface area contributed by atoms with Gasteiger partial charge in [0.1, 0.15) is 11.2 Å². The summed E-state index contributed by atoms with van der Waals surface area (Å²) in [6, 6.07) is 11.3. The van der Waals surface area contributed by atoms with Crippen molar-refractivity contribution in [3.63, 3.8) is 0 Å². The Balaban J connectivity index is 2.40. The van der Waals surface area contributed by atoms with E-state index in [4.69, 9.17) is 4.98 Å². The molecule has 3 rings (SSSR count). The molecule has 0 N–H and O–H groups in total. The largest absolute Gasteiger partial charge is 0.287 e. The van der Waals surface area contributed by atoms with Gasteiger partial charge < -0.3 is 0 Å². The zero-order valence-corrected chi connectivity index (χ0v) is 17.9. The fourth-order valence-corrected chi connectivity index (χ4v) is 4.93. The first-order valence-electron chi connectivity index (χ1n) is 10.1. The lowest BCUT2D eigenvalue weighted by Gasteiger charge is -2.51. The Hall–Kier alpha value is -1.70. The summed E-state index contributed by atoms with van der Waals surface area (Å²) in [5.74, 6) is 0.531. The summed E-state index contributed by atoms with van der Waals surface area (Å²) in [6.07, 6.45) is 4.42. The second kappa shape index (κ2) is 6.18. The Morgan fingerprint density at radius 2 is 1.77 bits per heavy atom. The fraction of sp³-hybridized carbons (Fsp3) is 0.583. The van der Waals surface area contributed by atoms with Crippen LogP contribution in [0, 0.1) is 5.92 Å². The van der Waals surface area contributed by atoms with Gasteiger partial charge in [0.25, 0.3) is 6.33 Å². The molecule has 1 aliphatic rings. The van der Waals surface area contributed by atoms with Crippen LogP contribution in [0.1, 0.15) is 79.5 Å². The van der Waals surface area contributed by atoms with Gasteiger partial charge in [0, 0.05) is 22.5 Å². The molecule has 1 aromatic heterocycles. The Bertz CT molecular complexity index is 815. The van der Waals surface area contributed by atoms with Gasteiger partial charge in [-0.3, -0.25) is 0 Å². The molecule has 0 bridgehead atoms. The van der Waals surface area contributed by atoms with Crippen molar-refractivity contribution in [1.82, 2.24) is 4.98 Å². The van der Waals surface area contributed by atoms with Crippen LogP contribution in [-0.4, -0.2) is 4.98 Å². The van der Waals surface area contributed by atoms with Gasteiger partial charge in [-0.25, -0.2) is 4.57 Å². The molecule has 0 aliphatic carbocycles. The average molecular weight is 352 g/mol. The molecule has 26 heavy (non-hydrogen) atoms. The quantitative estimate of drug-likeness (QED) is 0.641. The molecule has 1 aromatic carbocycles. The Kier molecular flexibility index (Phi) is 4.53. The molecular formula is C24H35N2+. The van der Waals surface area contributed by atoms with E-state index < -0.39 is 0 Å². The number of benzene rings is 1. The highest BCUT2D eigenvalue weighted by atomic mass is 15.1. The number of rotatable bonds is 3. The van der Waals surface area contributed by atoms with Crippen molar-refractivity contribution in [3.8, 4) is 11.3 Å². The van der Waals surface area contributed by atoms with Crippen molar-refractivity contribution in [2.75, 3.05) is 0 Å². The van der Waals surface area contributed by atoms with Crippen molar-refractivity contribution in [3.05, 3.63) is 47.9 Å². The lowest BCUT2D eigenvalue weighted by atomic mass is 9.56. The molecule has 0 spiro atoms. The van der Waals surface area contributed by atoms with Crippen LogP contribution in [0.4, 0.5) is 0 Å². The first-order chi connectivity index (χ1) is 12.1. The van der Waals surface area contributed by atoms with E-state index in [9.17, 15) is 0 Å². The molecule has 2 heterocycles. The van der Waals surface area contributed by atoms with Crippen molar-refractivity contribution >= 4 is 0 Å². The summed E-state index contributed by atoms with van der Waals surface area (Å²) < 4.78 is 2.48. The van der Waals surface area contributed by atoms with Gasteiger partial charge in [0.05, 0.1) is 0 Å². The van der Waals surface area contributed by atoms with E-state index in [-0.39, 0.29) is 16.4 Å². The van der Waals surface area contributed by atoms with Gasteiger partial charge in [0.2, 0.25) is 0 Å². The topological polar surface area (TPSA) is 16.8 Å². The summed E-state index contributed by atoms with van der Waals surface area (Å²) >= 11 is 0. The molecule has 1 aliphatic heterocycles. The Morgan fingerprint density at radius 3 is 2.35 bits per heavy atom. The average Bonchev–Trinajstić information content (AvgIpc) is 2.58. The predicted molar refractivity (Wildman–Crippen MR) is 109 cm³/mol. The molecule has 2 aromatic rings. The summed E-state index contributed by atoms with van der Waals surface area (Å²) in [5, 5.41) is 0. The third-order valence-corrected chi connectivity index (χ3v) is 6.92. The van der Waals surface area contributed by atoms with Crippen LogP contribution in [0.5, 0.6) is 0 Å². The number of fused-ring (bicyclic) bond motifs is 3. The van der Waals surface area contributed by atoms with Crippen molar-refractivity contribution < 1.29 is 4.57 Å². The maximum Gasteiger partial charge on any atom is 0.287 e. The normalized spacial score (nSPS) is 25.1. The van der Waals surface area contributed by atoms with Gasteiger partial charge in [-0.2, -0.15) is 0 Å². The Labute approximate surface area is 159 Å². The highest BCUT2D eigenvalue weighted by Gasteiger charge is 2.56. The van der Waals surface area contributed by atoms with Crippen molar-refractivity contribution in [2.45, 2.75) is 84.6 Å². The van der Waals surface area contributed by atoms with Crippen LogP contribution in [-0.2, 0) is 16.4 Å². The lowest BCUT2D eigenvalue weighted by Crippen LogP contribution is -2.69. The maximum absolute atomic E-state index is 4.90. The molecule has 0 amide bonds. The van der Waals surface area contributed by atoms with E-state index in [0.717, 1.165) is 18.5 Å². The van der Waals surface area contributed by atoms with E-state index in [2.05, 4.69) is 96.6 Å². The molecule has 0 saturated heterocycles. The van der Waals surface area contributed by atoms with Crippen LogP contribution in [0.2, 0.25) is 0 Å². The smallest absolute Gasteiger partial charge is 0.224 e. The number of hydrogen-bond donors (Lipinski definition) is 0. The SMILES string of the molecule is CCCC1(C)[n+]2cnc(C(C)(C)C)cc2-c2ccccc2C1(C)C(C)C. The minimum Gasteiger partial charge on any atom is -0.224 e. The second-order valence-corrected chi connectivity index (χ2v) is 9.71. The summed E-state index contributed by atoms with van der Waals surface area (Å²) in [6.45, 7) is 18.7. The molecule has 2 heteroatoms. The van der Waals surface area contributed by atoms with Crippen molar-refractivity contribution in [1.29, 1.82) is 0 Å². The van der Waals surface area contributed by atoms with Gasteiger partial charge in [0.15, 0.2) is 5.69 Å². The van der Waals surface area contributed by atoms with Crippen LogP contribution < -0.4 is 4.57 Å². The molecule has 2 atom stereocenters. The van der Waals surface area contributed by atoms with Gasteiger partial charge in [-0.1, -0.05) is 84.1 Å². The summed E-state index contributed by atoms with van der Waals surface area (Å²) in [4.78, 5) is 4.90. The molecule has 0 fully saturated rings. The highest BCUT2D eigenvalue weighted by molar-refractivity contribution is 5.65. The number of aromatic nitrogens is 2. The zero-order valence-electron chi connectivity index (χ0n) is 17.9. The molecule has 140 valence electrons. The van der Waals surface area contributed by atoms with Crippen LogP contribution in [0.25, 0.3) is 11.3 Å². The minimum atomic E-state index is 0.00299. The zero-order chi connectivity index (χ0) is 19.3. The first-order valence-corrected chi connectivity index (χ1v) is 10.1. The summed E-state index contributed by atoms with van der Waals surface area (Å²) in [7, 11) is 0. The lowest BCUT2D eigenvalue weighted by molar-refractivity contribution is -0.769. The van der Waals surface area contributed by atoms with E-state index in [0.29, 0.717) is 5.92 Å². The Morgan fingerprint density at radius 1 is 1.12 bits per heavy atom. The van der Waals surface area contributed by atoms with Gasteiger partial charge >= 0.3 is 0 Å². The minimum absolute atomic E-state index is 0.00299. The molecule has 2 nitrogen and oxygen atoms in total. The molecule has 0 saturated carbocycles. The summed E-state index contributed by atoms with van der Waals surface area (Å²) in [5.41, 5.74) is 5.43. The van der Waals surface area contributed by atoms with E-state index in [1.54, 1.807) is 0 Å². The van der Waals surface area contributed by atoms with Gasteiger partial charge in [-0.05, 0) is 24.8 Å². The second-order valence-electron chi connectivity index (χ2n) is 9.71. The molecular weight excluding hydrogens is 316 g/mol. The van der Waals surface area contributed by atoms with Crippen LogP contribution >= 0.6 is 0 Å². The first kappa shape index (κ1) is 19.1. The molecule has 0 radical (unpaired) electrons. The van der Waals surface area contributed by atoms with E-state index >= 15 is 0 Å². The predicted octanol–water partition coefficient (Wildman–Crippen LogP) is 5.78. The fourth-order valence-electron chi connectivity index (χ4n) is 4.93. The number of hydrogen-bond acceptors (Lipinski definition) is 1. The third-order valence-electron chi connectivity index (χ3n) is 6.92. The highest BCUT2D eigenvalue weighted by Crippen LogP contribution is 2.51. The van der Waals surface area contributed by atoms with E-state index in [1.807, 2.05) is 0 Å². The standard InChI is InChI=1S/C24H35N2/c1-9-14-23(7)24(8,17(2)3)19-13-11-10-12-18(19)20-15-21(22(4,5)6)25-16-26(20)23/h10-13,15-17H,9,14H2,1-8H3/q+1. The van der Waals surface area contributed by atoms with Gasteiger partial charge in [-0.15, -0.1) is 0 Å². The number of nitrogens with zero attached hydrogens (tertiary/aromatic N) is 2. The third kappa shape index (κ3) is 2.52. The molecule has 2 unspecified atom stereocenters. The monoisotopic (exact) mass is 351 g/mol. The van der Waals surface area contributed by atoms with E-state index in [1.165, 1.54) is 16.8 Å².